The first-order valence-electron chi connectivity index (χ1n) is 8.02. The number of amides is 1. The fourth-order valence-electron chi connectivity index (χ4n) is 2.22. The molecule has 0 heterocycles. The first-order chi connectivity index (χ1) is 13.2. The molecule has 0 saturated carbocycles. The molecule has 0 aliphatic rings. The van der Waals surface area contributed by atoms with Gasteiger partial charge in [-0.15, -0.1) is 0 Å². The van der Waals surface area contributed by atoms with Gasteiger partial charge in [-0.25, -0.2) is 18.4 Å². The van der Waals surface area contributed by atoms with Gasteiger partial charge in [-0.05, 0) is 49.4 Å². The second-order valence-corrected chi connectivity index (χ2v) is 7.23. The van der Waals surface area contributed by atoms with Crippen LogP contribution >= 0.6 is 0 Å². The number of nitrogens with one attached hydrogen (secondary N) is 1. The molecule has 0 radical (unpaired) electrons. The summed E-state index contributed by atoms with van der Waals surface area (Å²) in [7, 11) is -1.20. The number of hydrogen-bond acceptors (Lipinski definition) is 7. The van der Waals surface area contributed by atoms with Crippen LogP contribution in [-0.2, 0) is 19.6 Å². The summed E-state index contributed by atoms with van der Waals surface area (Å²) in [5.41, 5.74) is 0.320. The van der Waals surface area contributed by atoms with Crippen molar-refractivity contribution in [3.8, 4) is 11.5 Å². The zero-order chi connectivity index (χ0) is 20.9. The molecule has 9 nitrogen and oxygen atoms in total. The zero-order valence-corrected chi connectivity index (χ0v) is 16.3. The number of carbonyl (C=O) groups is 2. The fraction of sp³-hybridized carbons (Fsp3) is 0.222. The topological polar surface area (TPSA) is 134 Å². The third-order valence-electron chi connectivity index (χ3n) is 3.73. The van der Waals surface area contributed by atoms with Crippen LogP contribution in [0, 0.1) is 0 Å². The number of benzene rings is 2. The molecule has 150 valence electrons. The standard InChI is InChI=1S/C18H20N2O7S/c1-11(17(21)20-12-4-6-13(25-2)7-5-12)27-18(22)15-10-14(28(19,23)24)8-9-16(15)26-3/h4-11H,1-3H3,(H,20,21)(H2,19,23,24). The molecule has 0 fully saturated rings. The lowest BCUT2D eigenvalue weighted by Crippen LogP contribution is -2.30. The predicted octanol–water partition coefficient (Wildman–Crippen LogP) is 1.54. The Kier molecular flexibility index (Phi) is 6.60. The van der Waals surface area contributed by atoms with E-state index in [1.165, 1.54) is 33.3 Å². The van der Waals surface area contributed by atoms with Crippen LogP contribution < -0.4 is 19.9 Å². The quantitative estimate of drug-likeness (QED) is 0.664. The number of rotatable bonds is 7. The molecule has 28 heavy (non-hydrogen) atoms. The highest BCUT2D eigenvalue weighted by Gasteiger charge is 2.23. The molecule has 1 unspecified atom stereocenters. The van der Waals surface area contributed by atoms with Gasteiger partial charge in [-0.2, -0.15) is 0 Å². The van der Waals surface area contributed by atoms with E-state index in [0.29, 0.717) is 11.4 Å². The number of carbonyl (C=O) groups excluding carboxylic acids is 2. The van der Waals surface area contributed by atoms with E-state index in [4.69, 9.17) is 19.3 Å². The van der Waals surface area contributed by atoms with Gasteiger partial charge in [0.05, 0.1) is 19.1 Å². The van der Waals surface area contributed by atoms with Crippen LogP contribution in [0.5, 0.6) is 11.5 Å². The molecule has 10 heteroatoms. The Morgan fingerprint density at radius 2 is 1.68 bits per heavy atom. The fourth-order valence-corrected chi connectivity index (χ4v) is 2.76. The summed E-state index contributed by atoms with van der Waals surface area (Å²) < 4.78 is 38.2. The monoisotopic (exact) mass is 408 g/mol. The van der Waals surface area contributed by atoms with Crippen molar-refractivity contribution in [1.82, 2.24) is 0 Å². The summed E-state index contributed by atoms with van der Waals surface area (Å²) in [4.78, 5) is 24.4. The van der Waals surface area contributed by atoms with E-state index in [9.17, 15) is 18.0 Å². The van der Waals surface area contributed by atoms with Crippen molar-refractivity contribution in [2.24, 2.45) is 5.14 Å². The van der Waals surface area contributed by atoms with Gasteiger partial charge in [0.2, 0.25) is 10.0 Å². The molecule has 0 aliphatic heterocycles. The van der Waals surface area contributed by atoms with E-state index >= 15 is 0 Å². The molecule has 2 rings (SSSR count). The molecule has 0 spiro atoms. The molecular weight excluding hydrogens is 388 g/mol. The van der Waals surface area contributed by atoms with E-state index in [2.05, 4.69) is 5.32 Å². The largest absolute Gasteiger partial charge is 0.497 e. The molecule has 0 aliphatic carbocycles. The van der Waals surface area contributed by atoms with Gasteiger partial charge in [0.15, 0.2) is 6.10 Å². The summed E-state index contributed by atoms with van der Waals surface area (Å²) in [5.74, 6) is -0.792. The third-order valence-corrected chi connectivity index (χ3v) is 4.64. The van der Waals surface area contributed by atoms with Crippen LogP contribution in [0.2, 0.25) is 0 Å². The van der Waals surface area contributed by atoms with E-state index in [-0.39, 0.29) is 16.2 Å². The van der Waals surface area contributed by atoms with Crippen LogP contribution in [0.3, 0.4) is 0 Å². The Morgan fingerprint density at radius 1 is 1.04 bits per heavy atom. The van der Waals surface area contributed by atoms with Gasteiger partial charge in [0.25, 0.3) is 5.91 Å². The van der Waals surface area contributed by atoms with E-state index in [0.717, 1.165) is 6.07 Å². The van der Waals surface area contributed by atoms with Gasteiger partial charge in [-0.1, -0.05) is 0 Å². The molecule has 1 atom stereocenters. The number of hydrogen-bond donors (Lipinski definition) is 2. The molecule has 0 saturated heterocycles. The normalized spacial score (nSPS) is 12.0. The van der Waals surface area contributed by atoms with E-state index in [1.807, 2.05) is 0 Å². The van der Waals surface area contributed by atoms with Crippen LogP contribution in [0.4, 0.5) is 5.69 Å². The van der Waals surface area contributed by atoms with Crippen LogP contribution in [-0.4, -0.2) is 40.6 Å². The van der Waals surface area contributed by atoms with Gasteiger partial charge in [0, 0.05) is 5.69 Å². The minimum absolute atomic E-state index is 0.0835. The van der Waals surface area contributed by atoms with Crippen LogP contribution in [0.15, 0.2) is 47.4 Å². The number of nitrogens with two attached hydrogens (primary N) is 1. The maximum absolute atomic E-state index is 12.4. The van der Waals surface area contributed by atoms with Gasteiger partial charge in [0.1, 0.15) is 17.1 Å². The highest BCUT2D eigenvalue weighted by molar-refractivity contribution is 7.89. The van der Waals surface area contributed by atoms with Crippen molar-refractivity contribution in [3.63, 3.8) is 0 Å². The molecule has 2 aromatic rings. The van der Waals surface area contributed by atoms with Crippen molar-refractivity contribution in [1.29, 1.82) is 0 Å². The van der Waals surface area contributed by atoms with Crippen LogP contribution in [0.1, 0.15) is 17.3 Å². The van der Waals surface area contributed by atoms with Crippen molar-refractivity contribution in [2.45, 2.75) is 17.9 Å². The highest BCUT2D eigenvalue weighted by Crippen LogP contribution is 2.23. The molecule has 3 N–H and O–H groups in total. The Morgan fingerprint density at radius 3 is 2.21 bits per heavy atom. The molecule has 0 aromatic heterocycles. The maximum atomic E-state index is 12.4. The Balaban J connectivity index is 2.13. The second-order valence-electron chi connectivity index (χ2n) is 5.67. The summed E-state index contributed by atoms with van der Waals surface area (Å²) >= 11 is 0. The maximum Gasteiger partial charge on any atom is 0.342 e. The minimum Gasteiger partial charge on any atom is -0.497 e. The number of primary sulfonamides is 1. The lowest BCUT2D eigenvalue weighted by atomic mass is 10.2. The summed E-state index contributed by atoms with van der Waals surface area (Å²) in [6, 6.07) is 10.1. The molecule has 0 bridgehead atoms. The molecular formula is C18H20N2O7S. The summed E-state index contributed by atoms with van der Waals surface area (Å²) in [6.07, 6.45) is -1.16. The lowest BCUT2D eigenvalue weighted by molar-refractivity contribution is -0.123. The number of ether oxygens (including phenoxy) is 3. The Labute approximate surface area is 162 Å². The molecule has 1 amide bonds. The summed E-state index contributed by atoms with van der Waals surface area (Å²) in [6.45, 7) is 1.38. The highest BCUT2D eigenvalue weighted by atomic mass is 32.2. The van der Waals surface area contributed by atoms with Crippen LogP contribution in [0.25, 0.3) is 0 Å². The Bertz CT molecular complexity index is 972. The number of methoxy groups -OCH3 is 2. The smallest absolute Gasteiger partial charge is 0.342 e. The van der Waals surface area contributed by atoms with Gasteiger partial charge < -0.3 is 19.5 Å². The number of anilines is 1. The average Bonchev–Trinajstić information content (AvgIpc) is 2.67. The van der Waals surface area contributed by atoms with E-state index in [1.54, 1.807) is 24.3 Å². The van der Waals surface area contributed by atoms with E-state index < -0.39 is 28.0 Å². The van der Waals surface area contributed by atoms with Crippen molar-refractivity contribution in [3.05, 3.63) is 48.0 Å². The summed E-state index contributed by atoms with van der Waals surface area (Å²) in [5, 5.41) is 7.67. The molecule has 2 aromatic carbocycles. The average molecular weight is 408 g/mol. The minimum atomic E-state index is -4.03. The van der Waals surface area contributed by atoms with Crippen molar-refractivity contribution < 1.29 is 32.2 Å². The third kappa shape index (κ3) is 5.21. The first-order valence-corrected chi connectivity index (χ1v) is 9.57. The zero-order valence-electron chi connectivity index (χ0n) is 15.5. The van der Waals surface area contributed by atoms with Gasteiger partial charge in [-0.3, -0.25) is 4.79 Å². The Hall–Kier alpha value is -3.11. The first kappa shape index (κ1) is 21.2. The van der Waals surface area contributed by atoms with Crippen molar-refractivity contribution >= 4 is 27.6 Å². The van der Waals surface area contributed by atoms with Crippen molar-refractivity contribution in [2.75, 3.05) is 19.5 Å². The second kappa shape index (κ2) is 8.72. The lowest BCUT2D eigenvalue weighted by Gasteiger charge is -2.15. The van der Waals surface area contributed by atoms with Gasteiger partial charge >= 0.3 is 5.97 Å². The predicted molar refractivity (Wildman–Crippen MR) is 101 cm³/mol. The number of sulfonamides is 1. The SMILES string of the molecule is COc1ccc(NC(=O)C(C)OC(=O)c2cc(S(N)(=O)=O)ccc2OC)cc1. The number of esters is 1.